The average Bonchev–Trinajstić information content (AvgIpc) is 2.99. The Hall–Kier alpha value is -1.44. The topological polar surface area (TPSA) is 29.5 Å². The summed E-state index contributed by atoms with van der Waals surface area (Å²) >= 11 is 0. The van der Waals surface area contributed by atoms with Crippen molar-refractivity contribution < 1.29 is 9.84 Å². The largest absolute Gasteiger partial charge is 0.508 e. The van der Waals surface area contributed by atoms with E-state index in [1.54, 1.807) is 0 Å². The second-order valence-corrected chi connectivity index (χ2v) is 10.5. The molecule has 4 aliphatic rings. The van der Waals surface area contributed by atoms with Crippen LogP contribution in [-0.4, -0.2) is 11.2 Å². The summed E-state index contributed by atoms with van der Waals surface area (Å²) in [5.41, 5.74) is 3.81. The molecule has 1 aliphatic heterocycles. The van der Waals surface area contributed by atoms with Crippen LogP contribution in [0.3, 0.4) is 0 Å². The Balaban J connectivity index is 1.62. The van der Waals surface area contributed by atoms with E-state index in [9.17, 15) is 5.11 Å². The second kappa shape index (κ2) is 6.29. The third-order valence-corrected chi connectivity index (χ3v) is 8.06. The van der Waals surface area contributed by atoms with Gasteiger partial charge in [0.25, 0.3) is 0 Å². The van der Waals surface area contributed by atoms with Gasteiger partial charge in [0, 0.05) is 11.5 Å². The van der Waals surface area contributed by atoms with Gasteiger partial charge < -0.3 is 9.84 Å². The minimum absolute atomic E-state index is 0.0514. The number of unbranched alkanes of at least 4 members (excludes halogenated alkanes) is 3. The van der Waals surface area contributed by atoms with Crippen LogP contribution in [0.2, 0.25) is 0 Å². The standard InChI is InChI=1S/C25H36O2/c1-7-8-9-10-11-24(3,4)16-12-19(26)22-20(13-16)27-23-15(2)17-14-18(21(22)23)25(17,5)6/h12-13,17-18,21,23,26H,2,7-11,14H2,1,3-6H3/t17-,18+,21+,23+/m0/s1. The van der Waals surface area contributed by atoms with Crippen molar-refractivity contribution in [1.82, 2.24) is 0 Å². The first kappa shape index (κ1) is 18.9. The predicted molar refractivity (Wildman–Crippen MR) is 112 cm³/mol. The van der Waals surface area contributed by atoms with Gasteiger partial charge in [-0.25, -0.2) is 0 Å². The molecular formula is C25H36O2. The molecule has 0 aromatic heterocycles. The molecule has 3 fully saturated rings. The van der Waals surface area contributed by atoms with Crippen LogP contribution < -0.4 is 4.74 Å². The molecule has 2 heteroatoms. The van der Waals surface area contributed by atoms with Crippen molar-refractivity contribution in [1.29, 1.82) is 0 Å². The lowest BCUT2D eigenvalue weighted by molar-refractivity contribution is -0.0727. The highest BCUT2D eigenvalue weighted by molar-refractivity contribution is 5.57. The molecule has 1 N–H and O–H groups in total. The molecule has 0 unspecified atom stereocenters. The smallest absolute Gasteiger partial charge is 0.127 e. The van der Waals surface area contributed by atoms with Gasteiger partial charge in [-0.3, -0.25) is 0 Å². The van der Waals surface area contributed by atoms with E-state index in [1.807, 2.05) is 6.07 Å². The highest BCUT2D eigenvalue weighted by atomic mass is 16.5. The number of phenolic OH excluding ortho intramolecular Hbond substituents is 1. The van der Waals surface area contributed by atoms with Crippen LogP contribution in [0.1, 0.15) is 90.2 Å². The molecule has 0 saturated heterocycles. The quantitative estimate of drug-likeness (QED) is 0.446. The fourth-order valence-electron chi connectivity index (χ4n) is 6.05. The van der Waals surface area contributed by atoms with Crippen LogP contribution in [0.5, 0.6) is 11.5 Å². The van der Waals surface area contributed by atoms with Gasteiger partial charge in [-0.2, -0.15) is 0 Å². The molecular weight excluding hydrogens is 332 g/mol. The van der Waals surface area contributed by atoms with E-state index in [1.165, 1.54) is 43.2 Å². The van der Waals surface area contributed by atoms with Gasteiger partial charge in [0.05, 0.1) is 0 Å². The molecule has 2 nitrogen and oxygen atoms in total. The lowest BCUT2D eigenvalue weighted by atomic mass is 9.43. The minimum Gasteiger partial charge on any atom is -0.508 e. The summed E-state index contributed by atoms with van der Waals surface area (Å²) < 4.78 is 6.42. The molecule has 0 spiro atoms. The van der Waals surface area contributed by atoms with Gasteiger partial charge in [-0.15, -0.1) is 0 Å². The van der Waals surface area contributed by atoms with E-state index in [0.717, 1.165) is 17.7 Å². The number of benzene rings is 1. The molecule has 3 saturated carbocycles. The molecule has 1 heterocycles. The van der Waals surface area contributed by atoms with Gasteiger partial charge in [0.2, 0.25) is 0 Å². The number of hydrogen-bond donors (Lipinski definition) is 1. The normalized spacial score (nSPS) is 30.3. The zero-order valence-corrected chi connectivity index (χ0v) is 17.8. The molecule has 2 bridgehead atoms. The van der Waals surface area contributed by atoms with Gasteiger partial charge in [-0.05, 0) is 58.8 Å². The van der Waals surface area contributed by atoms with E-state index in [-0.39, 0.29) is 22.9 Å². The maximum absolute atomic E-state index is 11.0. The van der Waals surface area contributed by atoms with Crippen molar-refractivity contribution in [2.24, 2.45) is 17.3 Å². The summed E-state index contributed by atoms with van der Waals surface area (Å²) in [4.78, 5) is 0. The maximum Gasteiger partial charge on any atom is 0.127 e. The molecule has 5 rings (SSSR count). The Kier molecular flexibility index (Phi) is 4.40. The van der Waals surface area contributed by atoms with Gasteiger partial charge >= 0.3 is 0 Å². The molecule has 27 heavy (non-hydrogen) atoms. The van der Waals surface area contributed by atoms with E-state index in [0.29, 0.717) is 17.6 Å². The summed E-state index contributed by atoms with van der Waals surface area (Å²) in [6.07, 6.45) is 7.49. The second-order valence-electron chi connectivity index (χ2n) is 10.5. The molecule has 0 radical (unpaired) electrons. The fraction of sp³-hybridized carbons (Fsp3) is 0.680. The SMILES string of the molecule is C=C1[C@H]2Oc3cc(C(C)(C)CCCCCC)cc(O)c3[C@H]2[C@H]2C[C@@H]1C2(C)C. The summed E-state index contributed by atoms with van der Waals surface area (Å²) in [5.74, 6) is 2.76. The van der Waals surface area contributed by atoms with E-state index in [2.05, 4.69) is 47.3 Å². The molecule has 3 aliphatic carbocycles. The number of hydrogen-bond acceptors (Lipinski definition) is 2. The zero-order chi connectivity index (χ0) is 19.6. The van der Waals surface area contributed by atoms with Crippen molar-refractivity contribution >= 4 is 0 Å². The van der Waals surface area contributed by atoms with Gasteiger partial charge in [0.1, 0.15) is 17.6 Å². The van der Waals surface area contributed by atoms with Crippen LogP contribution in [0.4, 0.5) is 0 Å². The Morgan fingerprint density at radius 2 is 1.96 bits per heavy atom. The van der Waals surface area contributed by atoms with Gasteiger partial charge in [0.15, 0.2) is 0 Å². The van der Waals surface area contributed by atoms with Crippen LogP contribution >= 0.6 is 0 Å². The highest BCUT2D eigenvalue weighted by Crippen LogP contribution is 2.69. The Bertz CT molecular complexity index is 758. The third kappa shape index (κ3) is 2.74. The molecule has 4 atom stereocenters. The molecule has 1 aromatic rings. The van der Waals surface area contributed by atoms with Gasteiger partial charge in [-0.1, -0.05) is 66.9 Å². The fourth-order valence-corrected chi connectivity index (χ4v) is 6.05. The Labute approximate surface area is 165 Å². The lowest BCUT2D eigenvalue weighted by Gasteiger charge is -2.61. The Morgan fingerprint density at radius 1 is 1.22 bits per heavy atom. The van der Waals surface area contributed by atoms with Crippen molar-refractivity contribution in [2.75, 3.05) is 0 Å². The van der Waals surface area contributed by atoms with E-state index < -0.39 is 0 Å². The zero-order valence-electron chi connectivity index (χ0n) is 17.8. The predicted octanol–water partition coefficient (Wildman–Crippen LogP) is 6.72. The van der Waals surface area contributed by atoms with Crippen molar-refractivity contribution in [3.8, 4) is 11.5 Å². The van der Waals surface area contributed by atoms with E-state index in [4.69, 9.17) is 4.74 Å². The summed E-state index contributed by atoms with van der Waals surface area (Å²) in [7, 11) is 0. The molecule has 1 aromatic carbocycles. The lowest BCUT2D eigenvalue weighted by Crippen LogP contribution is -2.57. The maximum atomic E-state index is 11.0. The van der Waals surface area contributed by atoms with Crippen molar-refractivity contribution in [2.45, 2.75) is 90.6 Å². The molecule has 148 valence electrons. The van der Waals surface area contributed by atoms with Crippen molar-refractivity contribution in [3.63, 3.8) is 0 Å². The van der Waals surface area contributed by atoms with Crippen LogP contribution in [0.15, 0.2) is 24.3 Å². The first-order chi connectivity index (χ1) is 12.7. The third-order valence-electron chi connectivity index (χ3n) is 8.06. The summed E-state index contributed by atoms with van der Waals surface area (Å²) in [5, 5.41) is 11.0. The summed E-state index contributed by atoms with van der Waals surface area (Å²) in [6, 6.07) is 4.23. The van der Waals surface area contributed by atoms with Crippen LogP contribution in [0, 0.1) is 17.3 Å². The van der Waals surface area contributed by atoms with Crippen LogP contribution in [0.25, 0.3) is 0 Å². The number of rotatable bonds is 6. The molecule has 0 amide bonds. The number of fused-ring (bicyclic) bond motifs is 1. The average molecular weight is 369 g/mol. The first-order valence-electron chi connectivity index (χ1n) is 10.9. The number of aromatic hydroxyl groups is 1. The minimum atomic E-state index is 0.0514. The highest BCUT2D eigenvalue weighted by Gasteiger charge is 2.63. The van der Waals surface area contributed by atoms with E-state index >= 15 is 0 Å². The number of ether oxygens (including phenoxy) is 1. The van der Waals surface area contributed by atoms with Crippen molar-refractivity contribution in [3.05, 3.63) is 35.4 Å². The first-order valence-corrected chi connectivity index (χ1v) is 10.9. The Morgan fingerprint density at radius 3 is 2.63 bits per heavy atom. The number of phenols is 1. The van der Waals surface area contributed by atoms with Crippen LogP contribution in [-0.2, 0) is 5.41 Å². The monoisotopic (exact) mass is 368 g/mol. The summed E-state index contributed by atoms with van der Waals surface area (Å²) in [6.45, 7) is 16.0.